The number of methoxy groups -OCH3 is 1. The maximum atomic E-state index is 14.3. The Bertz CT molecular complexity index is 1930. The number of likely N-dealkylation sites (N-methyl/N-ethyl adjacent to an activating group) is 1. The van der Waals surface area contributed by atoms with Gasteiger partial charge in [0, 0.05) is 55.9 Å². The Hall–Kier alpha value is -5.39. The van der Waals surface area contributed by atoms with Crippen molar-refractivity contribution < 1.29 is 33.0 Å². The number of hydrogen-bond donors (Lipinski definition) is 3. The highest BCUT2D eigenvalue weighted by Gasteiger charge is 2.48. The molecule has 0 radical (unpaired) electrons. The smallest absolute Gasteiger partial charge is 0.256 e. The van der Waals surface area contributed by atoms with Gasteiger partial charge in [0.25, 0.3) is 11.8 Å². The molecule has 3 aromatic carbocycles. The van der Waals surface area contributed by atoms with Gasteiger partial charge in [0.15, 0.2) is 11.5 Å². The molecule has 0 spiro atoms. The molecule has 2 aliphatic heterocycles. The Kier molecular flexibility index (Phi) is 11.1. The Morgan fingerprint density at radius 3 is 2.38 bits per heavy atom. The van der Waals surface area contributed by atoms with Crippen molar-refractivity contribution in [2.75, 3.05) is 40.3 Å². The van der Waals surface area contributed by atoms with Crippen LogP contribution >= 0.6 is 0 Å². The molecule has 1 aromatic heterocycles. The monoisotopic (exact) mass is 711 g/mol. The summed E-state index contributed by atoms with van der Waals surface area (Å²) >= 11 is 0. The minimum absolute atomic E-state index is 0.0788. The first kappa shape index (κ1) is 36.4. The van der Waals surface area contributed by atoms with Crippen LogP contribution in [0.5, 0.6) is 11.5 Å². The molecule has 3 heterocycles. The quantitative estimate of drug-likeness (QED) is 0.193. The highest BCUT2D eigenvalue weighted by atomic mass is 19.1. The molecule has 0 aliphatic carbocycles. The van der Waals surface area contributed by atoms with Crippen molar-refractivity contribution >= 4 is 34.5 Å². The summed E-state index contributed by atoms with van der Waals surface area (Å²) in [4.78, 5) is 61.7. The fraction of sp³-hybridized carbons (Fsp3) is 0.400. The lowest BCUT2D eigenvalue weighted by atomic mass is 9.79. The molecule has 4 atom stereocenters. The fourth-order valence-electron chi connectivity index (χ4n) is 7.54. The number of aryl methyl sites for hydroxylation is 1. The number of benzene rings is 3. The number of amides is 4. The lowest BCUT2D eigenvalue weighted by molar-refractivity contribution is -0.133. The summed E-state index contributed by atoms with van der Waals surface area (Å²) in [6.07, 6.45) is 3.33. The molecule has 11 nitrogen and oxygen atoms in total. The van der Waals surface area contributed by atoms with Gasteiger partial charge in [-0.25, -0.2) is 4.39 Å². The Morgan fingerprint density at radius 1 is 0.923 bits per heavy atom. The van der Waals surface area contributed by atoms with Gasteiger partial charge in [0.2, 0.25) is 11.8 Å². The van der Waals surface area contributed by atoms with Crippen LogP contribution in [0.15, 0.2) is 72.9 Å². The van der Waals surface area contributed by atoms with Crippen molar-refractivity contribution in [2.45, 2.75) is 45.3 Å². The van der Waals surface area contributed by atoms with Gasteiger partial charge in [0.1, 0.15) is 11.9 Å². The summed E-state index contributed by atoms with van der Waals surface area (Å²) in [5.74, 6) is -1.91. The third kappa shape index (κ3) is 7.90. The standard InChI is InChI=1S/C40H46FN5O6/c1-24(2)52-35-16-13-26(17-36(35)51-4)39(49)45-20-27-21-46(40(50)30-19-43-33-15-14-28(41)18-29(30)33)23-32(31(27)22-45)37(47)44-34(38(48)42-3)12-8-11-25-9-6-5-7-10-25/h5-7,9-10,13-19,24,27,31-32,34,43H,8,11-12,20-23H2,1-4H3,(H,42,48)(H,44,47)/t27?,31?,32?,34-/m0/s1. The molecule has 3 unspecified atom stereocenters. The van der Waals surface area contributed by atoms with Crippen LogP contribution in [0.4, 0.5) is 4.39 Å². The number of rotatable bonds is 12. The van der Waals surface area contributed by atoms with Gasteiger partial charge in [-0.05, 0) is 86.9 Å². The van der Waals surface area contributed by atoms with E-state index in [1.165, 1.54) is 26.3 Å². The van der Waals surface area contributed by atoms with Gasteiger partial charge in [-0.3, -0.25) is 19.2 Å². The molecule has 2 aliphatic rings. The van der Waals surface area contributed by atoms with Crippen molar-refractivity contribution in [3.05, 3.63) is 95.4 Å². The number of halogens is 1. The maximum Gasteiger partial charge on any atom is 0.256 e. The molecule has 4 aromatic rings. The lowest BCUT2D eigenvalue weighted by Gasteiger charge is -2.39. The molecule has 12 heteroatoms. The molecule has 274 valence electrons. The number of aromatic amines is 1. The molecule has 4 amide bonds. The number of carbonyl (C=O) groups excluding carboxylic acids is 4. The summed E-state index contributed by atoms with van der Waals surface area (Å²) < 4.78 is 25.6. The molecular formula is C40H46FN5O6. The van der Waals surface area contributed by atoms with Gasteiger partial charge < -0.3 is 34.9 Å². The van der Waals surface area contributed by atoms with E-state index in [0.717, 1.165) is 12.0 Å². The molecule has 2 fully saturated rings. The third-order valence-corrected chi connectivity index (χ3v) is 10.1. The Balaban J connectivity index is 1.25. The van der Waals surface area contributed by atoms with Gasteiger partial charge in [-0.15, -0.1) is 0 Å². The summed E-state index contributed by atoms with van der Waals surface area (Å²) in [5, 5.41) is 6.13. The second kappa shape index (κ2) is 15.9. The van der Waals surface area contributed by atoms with Crippen LogP contribution < -0.4 is 20.1 Å². The van der Waals surface area contributed by atoms with E-state index in [9.17, 15) is 23.6 Å². The van der Waals surface area contributed by atoms with Crippen LogP contribution in [0.3, 0.4) is 0 Å². The first-order valence-corrected chi connectivity index (χ1v) is 17.8. The van der Waals surface area contributed by atoms with E-state index < -0.39 is 17.8 Å². The molecule has 52 heavy (non-hydrogen) atoms. The number of ether oxygens (including phenoxy) is 2. The van der Waals surface area contributed by atoms with Crippen LogP contribution in [0.25, 0.3) is 10.9 Å². The predicted molar refractivity (Wildman–Crippen MR) is 195 cm³/mol. The van der Waals surface area contributed by atoms with Crippen molar-refractivity contribution in [3.8, 4) is 11.5 Å². The van der Waals surface area contributed by atoms with Gasteiger partial charge in [0.05, 0.1) is 24.7 Å². The zero-order valence-electron chi connectivity index (χ0n) is 30.0. The highest BCUT2D eigenvalue weighted by Crippen LogP contribution is 2.38. The molecule has 0 bridgehead atoms. The maximum absolute atomic E-state index is 14.3. The number of hydrogen-bond acceptors (Lipinski definition) is 6. The van der Waals surface area contributed by atoms with Crippen LogP contribution in [-0.4, -0.2) is 90.9 Å². The van der Waals surface area contributed by atoms with E-state index in [1.807, 2.05) is 44.2 Å². The Labute approximate surface area is 302 Å². The normalized spacial score (nSPS) is 18.9. The molecule has 0 saturated carbocycles. The lowest BCUT2D eigenvalue weighted by Crippen LogP contribution is -2.56. The van der Waals surface area contributed by atoms with E-state index >= 15 is 0 Å². The van der Waals surface area contributed by atoms with E-state index in [-0.39, 0.29) is 48.1 Å². The van der Waals surface area contributed by atoms with Gasteiger partial charge in [-0.2, -0.15) is 0 Å². The largest absolute Gasteiger partial charge is 0.493 e. The zero-order valence-corrected chi connectivity index (χ0v) is 30.0. The number of piperidine rings is 1. The van der Waals surface area contributed by atoms with Crippen LogP contribution in [-0.2, 0) is 16.0 Å². The molecule has 2 saturated heterocycles. The van der Waals surface area contributed by atoms with E-state index in [2.05, 4.69) is 15.6 Å². The SMILES string of the molecule is CNC(=O)[C@H](CCCc1ccccc1)NC(=O)C1CN(C(=O)c2c[nH]c3ccc(F)cc23)CC2CN(C(=O)c3ccc(OC(C)C)c(OC)c3)CC21. The first-order valence-electron chi connectivity index (χ1n) is 17.8. The first-order chi connectivity index (χ1) is 25.1. The van der Waals surface area contributed by atoms with Crippen molar-refractivity contribution in [3.63, 3.8) is 0 Å². The number of nitrogens with one attached hydrogen (secondary N) is 3. The van der Waals surface area contributed by atoms with Gasteiger partial charge >= 0.3 is 0 Å². The average Bonchev–Trinajstić information content (AvgIpc) is 3.77. The van der Waals surface area contributed by atoms with Crippen LogP contribution in [0.2, 0.25) is 0 Å². The van der Waals surface area contributed by atoms with E-state index in [1.54, 1.807) is 40.3 Å². The van der Waals surface area contributed by atoms with Gasteiger partial charge in [-0.1, -0.05) is 30.3 Å². The zero-order chi connectivity index (χ0) is 36.9. The average molecular weight is 712 g/mol. The summed E-state index contributed by atoms with van der Waals surface area (Å²) in [6, 6.07) is 18.5. The van der Waals surface area contributed by atoms with E-state index in [4.69, 9.17) is 9.47 Å². The molecule has 6 rings (SSSR count). The highest BCUT2D eigenvalue weighted by molar-refractivity contribution is 6.07. The summed E-state index contributed by atoms with van der Waals surface area (Å²) in [5.41, 5.74) is 2.48. The van der Waals surface area contributed by atoms with Crippen molar-refractivity contribution in [1.29, 1.82) is 0 Å². The second-order valence-electron chi connectivity index (χ2n) is 13.9. The number of carbonyl (C=O) groups is 4. The second-order valence-corrected chi connectivity index (χ2v) is 13.9. The number of fused-ring (bicyclic) bond motifs is 2. The summed E-state index contributed by atoms with van der Waals surface area (Å²) in [6.45, 7) is 4.82. The molecule has 3 N–H and O–H groups in total. The van der Waals surface area contributed by atoms with Crippen molar-refractivity contribution in [2.24, 2.45) is 17.8 Å². The number of nitrogens with zero attached hydrogens (tertiary/aromatic N) is 2. The fourth-order valence-corrected chi connectivity index (χ4v) is 7.54. The topological polar surface area (TPSA) is 133 Å². The predicted octanol–water partition coefficient (Wildman–Crippen LogP) is 4.82. The van der Waals surface area contributed by atoms with Crippen LogP contribution in [0.1, 0.15) is 53.0 Å². The minimum Gasteiger partial charge on any atom is -0.493 e. The van der Waals surface area contributed by atoms with Crippen LogP contribution in [0, 0.1) is 23.6 Å². The Morgan fingerprint density at radius 2 is 1.67 bits per heavy atom. The number of likely N-dealkylation sites (tertiary alicyclic amines) is 2. The minimum atomic E-state index is -0.777. The third-order valence-electron chi connectivity index (χ3n) is 10.1. The van der Waals surface area contributed by atoms with E-state index in [0.29, 0.717) is 66.0 Å². The molecular weight excluding hydrogens is 665 g/mol. The summed E-state index contributed by atoms with van der Waals surface area (Å²) in [7, 11) is 3.06. The number of H-pyrrole nitrogens is 1. The van der Waals surface area contributed by atoms with Crippen molar-refractivity contribution in [1.82, 2.24) is 25.4 Å². The number of aromatic nitrogens is 1.